The van der Waals surface area contributed by atoms with E-state index in [0.717, 1.165) is 0 Å². The number of carbonyl (C=O) groups is 2. The van der Waals surface area contributed by atoms with Gasteiger partial charge in [0.15, 0.2) is 11.5 Å². The highest BCUT2D eigenvalue weighted by atomic mass is 16.5. The standard InChI is InChI=1S/C19H22N2O5/c1-24-12-11-20-18(22)13-7-4-5-9-15(13)21-19(23)14-8-6-10-16(25-2)17(14)26-3/h4-10H,11-12H2,1-3H3,(H,20,22)(H,21,23). The second kappa shape index (κ2) is 9.43. The minimum absolute atomic E-state index is 0.296. The molecule has 2 amide bonds. The Bertz CT molecular complexity index is 776. The molecule has 0 aliphatic rings. The van der Waals surface area contributed by atoms with Gasteiger partial charge in [0.1, 0.15) is 0 Å². The van der Waals surface area contributed by atoms with E-state index in [1.165, 1.54) is 14.2 Å². The van der Waals surface area contributed by atoms with Crippen LogP contribution in [0.1, 0.15) is 20.7 Å². The first-order valence-corrected chi connectivity index (χ1v) is 8.00. The molecule has 138 valence electrons. The highest BCUT2D eigenvalue weighted by Crippen LogP contribution is 2.31. The zero-order chi connectivity index (χ0) is 18.9. The van der Waals surface area contributed by atoms with Crippen molar-refractivity contribution in [1.82, 2.24) is 5.32 Å². The van der Waals surface area contributed by atoms with E-state index in [9.17, 15) is 9.59 Å². The molecule has 7 heteroatoms. The summed E-state index contributed by atoms with van der Waals surface area (Å²) in [5, 5.41) is 5.49. The van der Waals surface area contributed by atoms with Crippen molar-refractivity contribution in [3.63, 3.8) is 0 Å². The number of benzene rings is 2. The molecule has 0 atom stereocenters. The zero-order valence-electron chi connectivity index (χ0n) is 15.0. The Labute approximate surface area is 152 Å². The lowest BCUT2D eigenvalue weighted by atomic mass is 10.1. The van der Waals surface area contributed by atoms with Crippen molar-refractivity contribution in [2.75, 3.05) is 39.8 Å². The van der Waals surface area contributed by atoms with Gasteiger partial charge < -0.3 is 24.8 Å². The number of hydrogen-bond acceptors (Lipinski definition) is 5. The molecule has 0 saturated carbocycles. The molecule has 0 bridgehead atoms. The molecule has 0 saturated heterocycles. The molecule has 26 heavy (non-hydrogen) atoms. The van der Waals surface area contributed by atoms with Crippen molar-refractivity contribution in [3.8, 4) is 11.5 Å². The van der Waals surface area contributed by atoms with Crippen molar-refractivity contribution >= 4 is 17.5 Å². The third-order valence-corrected chi connectivity index (χ3v) is 3.66. The van der Waals surface area contributed by atoms with Gasteiger partial charge in [-0.15, -0.1) is 0 Å². The van der Waals surface area contributed by atoms with E-state index < -0.39 is 5.91 Å². The number of nitrogens with one attached hydrogen (secondary N) is 2. The average molecular weight is 358 g/mol. The molecule has 0 aromatic heterocycles. The van der Waals surface area contributed by atoms with E-state index in [0.29, 0.717) is 41.5 Å². The Morgan fingerprint density at radius 3 is 2.31 bits per heavy atom. The van der Waals surface area contributed by atoms with Crippen LogP contribution in [0.2, 0.25) is 0 Å². The third-order valence-electron chi connectivity index (χ3n) is 3.66. The summed E-state index contributed by atoms with van der Waals surface area (Å²) in [6.07, 6.45) is 0. The van der Waals surface area contributed by atoms with Crippen LogP contribution in [0.5, 0.6) is 11.5 Å². The second-order valence-corrected chi connectivity index (χ2v) is 5.29. The summed E-state index contributed by atoms with van der Waals surface area (Å²) in [4.78, 5) is 25.0. The van der Waals surface area contributed by atoms with Crippen molar-refractivity contribution < 1.29 is 23.8 Å². The quantitative estimate of drug-likeness (QED) is 0.708. The van der Waals surface area contributed by atoms with Gasteiger partial charge in [-0.25, -0.2) is 0 Å². The molecule has 0 spiro atoms. The van der Waals surface area contributed by atoms with E-state index in [2.05, 4.69) is 10.6 Å². The topological polar surface area (TPSA) is 85.9 Å². The van der Waals surface area contributed by atoms with Crippen LogP contribution in [0.4, 0.5) is 5.69 Å². The molecule has 0 radical (unpaired) electrons. The maximum absolute atomic E-state index is 12.7. The van der Waals surface area contributed by atoms with Crippen LogP contribution in [0, 0.1) is 0 Å². The molecule has 0 aliphatic carbocycles. The van der Waals surface area contributed by atoms with Crippen molar-refractivity contribution in [2.45, 2.75) is 0 Å². The van der Waals surface area contributed by atoms with Gasteiger partial charge in [0, 0.05) is 13.7 Å². The molecule has 2 rings (SSSR count). The van der Waals surface area contributed by atoms with E-state index in [1.54, 1.807) is 49.6 Å². The monoisotopic (exact) mass is 358 g/mol. The molecule has 0 aliphatic heterocycles. The van der Waals surface area contributed by atoms with E-state index >= 15 is 0 Å². The molecule has 2 aromatic rings. The van der Waals surface area contributed by atoms with Crippen LogP contribution in [0.3, 0.4) is 0 Å². The first-order chi connectivity index (χ1) is 12.6. The maximum atomic E-state index is 12.7. The fourth-order valence-corrected chi connectivity index (χ4v) is 2.41. The summed E-state index contributed by atoms with van der Waals surface area (Å²) < 4.78 is 15.4. The summed E-state index contributed by atoms with van der Waals surface area (Å²) in [5.74, 6) is 0.0775. The highest BCUT2D eigenvalue weighted by molar-refractivity contribution is 6.10. The van der Waals surface area contributed by atoms with Crippen LogP contribution in [0.15, 0.2) is 42.5 Å². The number of rotatable bonds is 8. The number of anilines is 1. The third kappa shape index (κ3) is 4.52. The molecule has 2 N–H and O–H groups in total. The Kier molecular flexibility index (Phi) is 6.99. The zero-order valence-corrected chi connectivity index (χ0v) is 15.0. The fourth-order valence-electron chi connectivity index (χ4n) is 2.41. The van der Waals surface area contributed by atoms with Gasteiger partial charge in [0.05, 0.1) is 37.6 Å². The summed E-state index contributed by atoms with van der Waals surface area (Å²) in [6.45, 7) is 0.780. The molecular formula is C19H22N2O5. The lowest BCUT2D eigenvalue weighted by Gasteiger charge is -2.14. The van der Waals surface area contributed by atoms with Crippen LogP contribution in [-0.4, -0.2) is 46.3 Å². The molecular weight excluding hydrogens is 336 g/mol. The molecule has 0 fully saturated rings. The van der Waals surface area contributed by atoms with E-state index in [4.69, 9.17) is 14.2 Å². The number of amides is 2. The summed E-state index contributed by atoms with van der Waals surface area (Å²) in [6, 6.07) is 11.8. The summed E-state index contributed by atoms with van der Waals surface area (Å²) >= 11 is 0. The number of ether oxygens (including phenoxy) is 3. The maximum Gasteiger partial charge on any atom is 0.259 e. The largest absolute Gasteiger partial charge is 0.493 e. The minimum atomic E-state index is -0.405. The molecule has 2 aromatic carbocycles. The number of para-hydroxylation sites is 2. The fraction of sp³-hybridized carbons (Fsp3) is 0.263. The molecule has 0 heterocycles. The smallest absolute Gasteiger partial charge is 0.259 e. The number of hydrogen-bond donors (Lipinski definition) is 2. The van der Waals surface area contributed by atoms with Gasteiger partial charge in [-0.1, -0.05) is 18.2 Å². The minimum Gasteiger partial charge on any atom is -0.493 e. The van der Waals surface area contributed by atoms with Gasteiger partial charge in [0.2, 0.25) is 0 Å². The first-order valence-electron chi connectivity index (χ1n) is 8.00. The SMILES string of the molecule is COCCNC(=O)c1ccccc1NC(=O)c1cccc(OC)c1OC. The predicted molar refractivity (Wildman–Crippen MR) is 98.2 cm³/mol. The second-order valence-electron chi connectivity index (χ2n) is 5.29. The van der Waals surface area contributed by atoms with Gasteiger partial charge in [-0.3, -0.25) is 9.59 Å². The van der Waals surface area contributed by atoms with Crippen LogP contribution in [-0.2, 0) is 4.74 Å². The Morgan fingerprint density at radius 2 is 1.62 bits per heavy atom. The summed E-state index contributed by atoms with van der Waals surface area (Å²) in [7, 11) is 4.52. The van der Waals surface area contributed by atoms with Gasteiger partial charge >= 0.3 is 0 Å². The van der Waals surface area contributed by atoms with Crippen molar-refractivity contribution in [3.05, 3.63) is 53.6 Å². The normalized spacial score (nSPS) is 10.1. The van der Waals surface area contributed by atoms with Gasteiger partial charge in [0.25, 0.3) is 11.8 Å². The Balaban J connectivity index is 2.24. The lowest BCUT2D eigenvalue weighted by Crippen LogP contribution is -2.28. The number of carbonyl (C=O) groups excluding carboxylic acids is 2. The average Bonchev–Trinajstić information content (AvgIpc) is 2.67. The molecule has 7 nitrogen and oxygen atoms in total. The van der Waals surface area contributed by atoms with Crippen LogP contribution < -0.4 is 20.1 Å². The van der Waals surface area contributed by atoms with E-state index in [-0.39, 0.29) is 5.91 Å². The predicted octanol–water partition coefficient (Wildman–Crippen LogP) is 2.33. The Morgan fingerprint density at radius 1 is 0.885 bits per heavy atom. The van der Waals surface area contributed by atoms with Gasteiger partial charge in [-0.2, -0.15) is 0 Å². The Hall–Kier alpha value is -3.06. The summed E-state index contributed by atoms with van der Waals surface area (Å²) in [5.41, 5.74) is 1.07. The van der Waals surface area contributed by atoms with E-state index in [1.807, 2.05) is 0 Å². The van der Waals surface area contributed by atoms with Crippen molar-refractivity contribution in [2.24, 2.45) is 0 Å². The van der Waals surface area contributed by atoms with Crippen LogP contribution in [0.25, 0.3) is 0 Å². The number of methoxy groups -OCH3 is 3. The van der Waals surface area contributed by atoms with Gasteiger partial charge in [-0.05, 0) is 24.3 Å². The highest BCUT2D eigenvalue weighted by Gasteiger charge is 2.19. The lowest BCUT2D eigenvalue weighted by molar-refractivity contribution is 0.0938. The van der Waals surface area contributed by atoms with Crippen LogP contribution >= 0.6 is 0 Å². The van der Waals surface area contributed by atoms with Crippen molar-refractivity contribution in [1.29, 1.82) is 0 Å². The molecule has 0 unspecified atom stereocenters. The first kappa shape index (κ1) is 19.3.